The Kier molecular flexibility index (Phi) is 2.45. The Hall–Kier alpha value is -0.160. The monoisotopic (exact) mass is 195 g/mol. The van der Waals surface area contributed by atoms with E-state index in [9.17, 15) is 12.8 Å². The second-order valence-corrected chi connectivity index (χ2v) is 5.25. The van der Waals surface area contributed by atoms with Gasteiger partial charge in [0.25, 0.3) is 0 Å². The lowest BCUT2D eigenvalue weighted by molar-refractivity contribution is 0.130. The third kappa shape index (κ3) is 1.47. The maximum atomic E-state index is 13.8. The molecule has 0 aromatic rings. The number of sulfonamides is 1. The fraction of sp³-hybridized carbons (Fsp3) is 1.00. The highest BCUT2D eigenvalue weighted by atomic mass is 32.2. The molecule has 2 N–H and O–H groups in total. The lowest BCUT2D eigenvalue weighted by Crippen LogP contribution is -2.46. The third-order valence-corrected chi connectivity index (χ3v) is 4.17. The first-order valence-electron chi connectivity index (χ1n) is 4.09. The third-order valence-electron chi connectivity index (χ3n) is 2.61. The zero-order valence-electron chi connectivity index (χ0n) is 7.09. The van der Waals surface area contributed by atoms with Crippen molar-refractivity contribution in [2.24, 2.45) is 11.1 Å². The average Bonchev–Trinajstić information content (AvgIpc) is 1.93. The van der Waals surface area contributed by atoms with E-state index < -0.39 is 20.9 Å². The molecule has 1 fully saturated rings. The molecule has 72 valence electrons. The van der Waals surface area contributed by atoms with Crippen LogP contribution in [0.5, 0.6) is 0 Å². The van der Waals surface area contributed by atoms with Gasteiger partial charge in [-0.1, -0.05) is 13.3 Å². The van der Waals surface area contributed by atoms with Crippen LogP contribution in [0.25, 0.3) is 0 Å². The lowest BCUT2D eigenvalue weighted by atomic mass is 9.88. The van der Waals surface area contributed by atoms with Crippen molar-refractivity contribution >= 4 is 10.0 Å². The van der Waals surface area contributed by atoms with Crippen molar-refractivity contribution in [1.82, 2.24) is 0 Å². The van der Waals surface area contributed by atoms with Crippen LogP contribution in [0.15, 0.2) is 0 Å². The molecule has 0 amide bonds. The highest BCUT2D eigenvalue weighted by Crippen LogP contribution is 2.39. The topological polar surface area (TPSA) is 60.2 Å². The SMILES string of the molecule is CC1CCCCC1(F)S(N)(=O)=O. The van der Waals surface area contributed by atoms with E-state index in [1.165, 1.54) is 0 Å². The van der Waals surface area contributed by atoms with Crippen LogP contribution in [-0.2, 0) is 10.0 Å². The number of hydrogen-bond acceptors (Lipinski definition) is 2. The Balaban J connectivity index is 2.95. The molecule has 1 rings (SSSR count). The van der Waals surface area contributed by atoms with Crippen LogP contribution in [0.1, 0.15) is 32.6 Å². The lowest BCUT2D eigenvalue weighted by Gasteiger charge is -2.33. The highest BCUT2D eigenvalue weighted by Gasteiger charge is 2.48. The predicted octanol–water partition coefficient (Wildman–Crippen LogP) is 1.15. The standard InChI is InChI=1S/C7H14FNO2S/c1-6-4-2-3-5-7(6,8)12(9,10)11/h6H,2-5H2,1H3,(H2,9,10,11). The molecule has 0 aromatic heterocycles. The van der Waals surface area contributed by atoms with Crippen LogP contribution in [0.4, 0.5) is 4.39 Å². The van der Waals surface area contributed by atoms with Crippen molar-refractivity contribution in [2.75, 3.05) is 0 Å². The van der Waals surface area contributed by atoms with Gasteiger partial charge < -0.3 is 0 Å². The van der Waals surface area contributed by atoms with E-state index in [0.29, 0.717) is 12.8 Å². The van der Waals surface area contributed by atoms with Crippen LogP contribution >= 0.6 is 0 Å². The van der Waals surface area contributed by atoms with Gasteiger partial charge >= 0.3 is 0 Å². The Morgan fingerprint density at radius 1 is 1.50 bits per heavy atom. The Morgan fingerprint density at radius 2 is 2.08 bits per heavy atom. The number of hydrogen-bond donors (Lipinski definition) is 1. The van der Waals surface area contributed by atoms with Crippen molar-refractivity contribution in [3.05, 3.63) is 0 Å². The van der Waals surface area contributed by atoms with Gasteiger partial charge in [0.1, 0.15) is 0 Å². The molecule has 0 radical (unpaired) electrons. The van der Waals surface area contributed by atoms with Crippen molar-refractivity contribution in [3.8, 4) is 0 Å². The molecule has 0 aliphatic heterocycles. The van der Waals surface area contributed by atoms with E-state index in [1.54, 1.807) is 6.92 Å². The molecule has 0 heterocycles. The van der Waals surface area contributed by atoms with E-state index in [-0.39, 0.29) is 6.42 Å². The Morgan fingerprint density at radius 3 is 2.42 bits per heavy atom. The van der Waals surface area contributed by atoms with Crippen LogP contribution < -0.4 is 5.14 Å². The molecule has 1 aliphatic carbocycles. The molecule has 5 heteroatoms. The van der Waals surface area contributed by atoms with Gasteiger partial charge in [0.15, 0.2) is 0 Å². The number of nitrogens with two attached hydrogens (primary N) is 1. The molecule has 1 aliphatic rings. The molecule has 0 spiro atoms. The summed E-state index contributed by atoms with van der Waals surface area (Å²) in [6.45, 7) is 1.60. The average molecular weight is 195 g/mol. The molecule has 0 aromatic carbocycles. The first-order valence-corrected chi connectivity index (χ1v) is 5.64. The summed E-state index contributed by atoms with van der Waals surface area (Å²) in [6, 6.07) is 0. The number of alkyl halides is 1. The molecule has 0 bridgehead atoms. The molecule has 12 heavy (non-hydrogen) atoms. The second kappa shape index (κ2) is 2.96. The summed E-state index contributed by atoms with van der Waals surface area (Å²) < 4.78 is 35.6. The van der Waals surface area contributed by atoms with Gasteiger partial charge in [-0.25, -0.2) is 17.9 Å². The second-order valence-electron chi connectivity index (χ2n) is 3.48. The molecule has 3 nitrogen and oxygen atoms in total. The zero-order chi connectivity index (χ0) is 9.41. The summed E-state index contributed by atoms with van der Waals surface area (Å²) in [5.41, 5.74) is 0. The summed E-state index contributed by atoms with van der Waals surface area (Å²) in [4.78, 5) is 0. The molecule has 1 saturated carbocycles. The summed E-state index contributed by atoms with van der Waals surface area (Å²) in [5.74, 6) is -0.471. The molecular weight excluding hydrogens is 181 g/mol. The Bertz CT molecular complexity index is 265. The maximum absolute atomic E-state index is 13.8. The minimum absolute atomic E-state index is 0.0486. The van der Waals surface area contributed by atoms with Gasteiger partial charge in [-0.05, 0) is 19.3 Å². The normalized spacial score (nSPS) is 38.1. The first-order chi connectivity index (χ1) is 5.38. The molecule has 2 atom stereocenters. The van der Waals surface area contributed by atoms with Crippen molar-refractivity contribution in [2.45, 2.75) is 37.6 Å². The molecule has 2 unspecified atom stereocenters. The summed E-state index contributed by atoms with van der Waals surface area (Å²) in [5, 5.41) is 2.66. The highest BCUT2D eigenvalue weighted by molar-refractivity contribution is 7.90. The van der Waals surface area contributed by atoms with Crippen LogP contribution in [0.2, 0.25) is 0 Å². The largest absolute Gasteiger partial charge is 0.244 e. The van der Waals surface area contributed by atoms with Crippen LogP contribution in [0, 0.1) is 5.92 Å². The van der Waals surface area contributed by atoms with Crippen molar-refractivity contribution in [1.29, 1.82) is 0 Å². The van der Waals surface area contributed by atoms with E-state index in [1.807, 2.05) is 0 Å². The van der Waals surface area contributed by atoms with E-state index in [4.69, 9.17) is 5.14 Å². The smallest absolute Gasteiger partial charge is 0.226 e. The van der Waals surface area contributed by atoms with Crippen molar-refractivity contribution < 1.29 is 12.8 Å². The van der Waals surface area contributed by atoms with Gasteiger partial charge in [0.2, 0.25) is 15.0 Å². The van der Waals surface area contributed by atoms with Gasteiger partial charge in [-0.3, -0.25) is 0 Å². The van der Waals surface area contributed by atoms with Gasteiger partial charge in [0.05, 0.1) is 0 Å². The van der Waals surface area contributed by atoms with E-state index in [0.717, 1.165) is 6.42 Å². The molecule has 0 saturated heterocycles. The van der Waals surface area contributed by atoms with E-state index >= 15 is 0 Å². The summed E-state index contributed by atoms with van der Waals surface area (Å²) >= 11 is 0. The minimum Gasteiger partial charge on any atom is -0.226 e. The molecular formula is C7H14FNO2S. The predicted molar refractivity (Wildman–Crippen MR) is 44.6 cm³/mol. The van der Waals surface area contributed by atoms with Crippen molar-refractivity contribution in [3.63, 3.8) is 0 Å². The Labute approximate surface area is 72.2 Å². The van der Waals surface area contributed by atoms with Crippen LogP contribution in [0.3, 0.4) is 0 Å². The maximum Gasteiger partial charge on any atom is 0.244 e. The number of halogens is 1. The first kappa shape index (κ1) is 9.92. The number of primary sulfonamides is 1. The van der Waals surface area contributed by atoms with Gasteiger partial charge in [-0.2, -0.15) is 0 Å². The fourth-order valence-electron chi connectivity index (χ4n) is 1.70. The van der Waals surface area contributed by atoms with Crippen LogP contribution in [-0.4, -0.2) is 13.4 Å². The van der Waals surface area contributed by atoms with E-state index in [2.05, 4.69) is 0 Å². The zero-order valence-corrected chi connectivity index (χ0v) is 7.90. The summed E-state index contributed by atoms with van der Waals surface area (Å²) in [7, 11) is -4.04. The quantitative estimate of drug-likeness (QED) is 0.682. The van der Waals surface area contributed by atoms with Gasteiger partial charge in [-0.15, -0.1) is 0 Å². The summed E-state index contributed by atoms with van der Waals surface area (Å²) in [6.07, 6.45) is 2.15. The number of rotatable bonds is 1. The fourth-order valence-corrected chi connectivity index (χ4v) is 2.81. The van der Waals surface area contributed by atoms with Gasteiger partial charge in [0, 0.05) is 5.92 Å². The minimum atomic E-state index is -4.04.